The highest BCUT2D eigenvalue weighted by molar-refractivity contribution is 6.30. The first-order valence-corrected chi connectivity index (χ1v) is 7.01. The molecular weight excluding hydrogens is 267 g/mol. The van der Waals surface area contributed by atoms with Gasteiger partial charge in [0, 0.05) is 24.2 Å². The van der Waals surface area contributed by atoms with Gasteiger partial charge in [0.2, 0.25) is 0 Å². The maximum Gasteiger partial charge on any atom is 0.126 e. The Balaban J connectivity index is 2.00. The zero-order valence-electron chi connectivity index (χ0n) is 11.1. The van der Waals surface area contributed by atoms with Crippen LogP contribution in [0.1, 0.15) is 12.5 Å². The fraction of sp³-hybridized carbons (Fsp3) is 0.571. The van der Waals surface area contributed by atoms with E-state index in [4.69, 9.17) is 22.1 Å². The predicted octanol–water partition coefficient (Wildman–Crippen LogP) is 2.07. The average molecular weight is 287 g/mol. The van der Waals surface area contributed by atoms with Gasteiger partial charge < -0.3 is 10.5 Å². The van der Waals surface area contributed by atoms with Gasteiger partial charge >= 0.3 is 0 Å². The average Bonchev–Trinajstić information content (AvgIpc) is 2.43. The molecule has 106 valence electrons. The van der Waals surface area contributed by atoms with Crippen LogP contribution in [0.5, 0.6) is 0 Å². The maximum atomic E-state index is 13.7. The molecule has 0 saturated carbocycles. The van der Waals surface area contributed by atoms with Crippen LogP contribution < -0.4 is 5.73 Å². The van der Waals surface area contributed by atoms with Crippen molar-refractivity contribution in [2.24, 2.45) is 5.73 Å². The summed E-state index contributed by atoms with van der Waals surface area (Å²) in [7, 11) is 0. The lowest BCUT2D eigenvalue weighted by atomic mass is 10.0. The van der Waals surface area contributed by atoms with Gasteiger partial charge in [-0.15, -0.1) is 0 Å². The molecule has 0 spiro atoms. The molecule has 0 aromatic heterocycles. The van der Waals surface area contributed by atoms with E-state index in [0.717, 1.165) is 19.6 Å². The third-order valence-electron chi connectivity index (χ3n) is 3.57. The molecular formula is C14H20ClFN2O. The lowest BCUT2D eigenvalue weighted by Crippen LogP contribution is -2.51. The Labute approximate surface area is 118 Å². The van der Waals surface area contributed by atoms with Crippen molar-refractivity contribution >= 4 is 11.6 Å². The van der Waals surface area contributed by atoms with Gasteiger partial charge in [0.25, 0.3) is 0 Å². The maximum absolute atomic E-state index is 13.7. The zero-order chi connectivity index (χ0) is 13.8. The fourth-order valence-electron chi connectivity index (χ4n) is 2.36. The minimum atomic E-state index is -0.261. The van der Waals surface area contributed by atoms with Crippen molar-refractivity contribution in [3.05, 3.63) is 34.6 Å². The molecule has 0 radical (unpaired) electrons. The number of halogens is 2. The minimum Gasteiger partial charge on any atom is -0.374 e. The van der Waals surface area contributed by atoms with Gasteiger partial charge in [-0.25, -0.2) is 4.39 Å². The van der Waals surface area contributed by atoms with Gasteiger partial charge in [-0.3, -0.25) is 4.90 Å². The molecule has 3 nitrogen and oxygen atoms in total. The van der Waals surface area contributed by atoms with E-state index in [2.05, 4.69) is 11.8 Å². The Morgan fingerprint density at radius 3 is 3.11 bits per heavy atom. The normalized spacial score (nSPS) is 22.4. The van der Waals surface area contributed by atoms with Gasteiger partial charge in [-0.1, -0.05) is 18.5 Å². The van der Waals surface area contributed by atoms with Crippen LogP contribution in [-0.4, -0.2) is 43.3 Å². The number of hydrogen-bond acceptors (Lipinski definition) is 3. The SMILES string of the molecule is CCN1CCOC(C(N)Cc2cc(Cl)ccc2F)C1. The standard InChI is InChI=1S/C14H20ClFN2O/c1-2-18-5-6-19-14(9-18)13(17)8-10-7-11(15)3-4-12(10)16/h3-4,7,13-14H,2,5-6,8-9,17H2,1H3. The van der Waals surface area contributed by atoms with Crippen LogP contribution in [0.4, 0.5) is 4.39 Å². The summed E-state index contributed by atoms with van der Waals surface area (Å²) in [5.74, 6) is -0.261. The van der Waals surface area contributed by atoms with Crippen molar-refractivity contribution in [1.82, 2.24) is 4.90 Å². The molecule has 0 bridgehead atoms. The molecule has 1 aromatic rings. The van der Waals surface area contributed by atoms with Crippen molar-refractivity contribution < 1.29 is 9.13 Å². The second kappa shape index (κ2) is 6.66. The van der Waals surface area contributed by atoms with Crippen LogP contribution >= 0.6 is 11.6 Å². The zero-order valence-corrected chi connectivity index (χ0v) is 11.9. The molecule has 1 fully saturated rings. The van der Waals surface area contributed by atoms with E-state index in [1.54, 1.807) is 12.1 Å². The first kappa shape index (κ1) is 14.7. The molecule has 1 saturated heterocycles. The quantitative estimate of drug-likeness (QED) is 0.921. The van der Waals surface area contributed by atoms with Crippen molar-refractivity contribution in [3.8, 4) is 0 Å². The lowest BCUT2D eigenvalue weighted by Gasteiger charge is -2.35. The van der Waals surface area contributed by atoms with Crippen molar-refractivity contribution in [2.75, 3.05) is 26.2 Å². The van der Waals surface area contributed by atoms with Crippen LogP contribution in [0, 0.1) is 5.82 Å². The second-order valence-electron chi connectivity index (χ2n) is 4.91. The molecule has 0 aliphatic carbocycles. The molecule has 2 unspecified atom stereocenters. The molecule has 2 atom stereocenters. The lowest BCUT2D eigenvalue weighted by molar-refractivity contribution is -0.0386. The summed E-state index contributed by atoms with van der Waals surface area (Å²) >= 11 is 5.88. The van der Waals surface area contributed by atoms with Gasteiger partial charge in [0.15, 0.2) is 0 Å². The Bertz CT molecular complexity index is 430. The molecule has 1 heterocycles. The monoisotopic (exact) mass is 286 g/mol. The Kier molecular flexibility index (Phi) is 5.16. The highest BCUT2D eigenvalue weighted by Crippen LogP contribution is 2.18. The van der Waals surface area contributed by atoms with Gasteiger partial charge in [-0.05, 0) is 36.7 Å². The van der Waals surface area contributed by atoms with E-state index < -0.39 is 0 Å². The van der Waals surface area contributed by atoms with Crippen LogP contribution in [0.15, 0.2) is 18.2 Å². The largest absolute Gasteiger partial charge is 0.374 e. The van der Waals surface area contributed by atoms with E-state index in [1.807, 2.05) is 0 Å². The predicted molar refractivity (Wildman–Crippen MR) is 74.9 cm³/mol. The Hall–Kier alpha value is -0.680. The Morgan fingerprint density at radius 1 is 1.58 bits per heavy atom. The number of hydrogen-bond donors (Lipinski definition) is 1. The third kappa shape index (κ3) is 3.89. The number of likely N-dealkylation sites (N-methyl/N-ethyl adjacent to an activating group) is 1. The summed E-state index contributed by atoms with van der Waals surface area (Å²) in [5, 5.41) is 0.531. The summed E-state index contributed by atoms with van der Waals surface area (Å²) in [6, 6.07) is 4.34. The number of nitrogens with zero attached hydrogens (tertiary/aromatic N) is 1. The van der Waals surface area contributed by atoms with E-state index in [-0.39, 0.29) is 18.0 Å². The van der Waals surface area contributed by atoms with Crippen molar-refractivity contribution in [2.45, 2.75) is 25.5 Å². The van der Waals surface area contributed by atoms with Gasteiger partial charge in [0.1, 0.15) is 5.82 Å². The smallest absolute Gasteiger partial charge is 0.126 e. The van der Waals surface area contributed by atoms with Crippen LogP contribution in [0.3, 0.4) is 0 Å². The molecule has 1 aliphatic rings. The molecule has 1 aliphatic heterocycles. The first-order chi connectivity index (χ1) is 9.10. The molecule has 2 N–H and O–H groups in total. The summed E-state index contributed by atoms with van der Waals surface area (Å²) < 4.78 is 19.4. The number of nitrogens with two attached hydrogens (primary N) is 1. The molecule has 0 amide bonds. The molecule has 1 aromatic carbocycles. The summed E-state index contributed by atoms with van der Waals surface area (Å²) in [5.41, 5.74) is 6.71. The number of rotatable bonds is 4. The van der Waals surface area contributed by atoms with Crippen molar-refractivity contribution in [1.29, 1.82) is 0 Å². The molecule has 5 heteroatoms. The first-order valence-electron chi connectivity index (χ1n) is 6.63. The molecule has 2 rings (SSSR count). The number of morpholine rings is 1. The van der Waals surface area contributed by atoms with Gasteiger partial charge in [-0.2, -0.15) is 0 Å². The summed E-state index contributed by atoms with van der Waals surface area (Å²) in [6.07, 6.45) is 0.390. The molecule has 19 heavy (non-hydrogen) atoms. The topological polar surface area (TPSA) is 38.5 Å². The Morgan fingerprint density at radius 2 is 2.37 bits per heavy atom. The van der Waals surface area contributed by atoms with Crippen molar-refractivity contribution in [3.63, 3.8) is 0 Å². The number of benzene rings is 1. The third-order valence-corrected chi connectivity index (χ3v) is 3.80. The minimum absolute atomic E-state index is 0.0490. The van der Waals surface area contributed by atoms with E-state index >= 15 is 0 Å². The van der Waals surface area contributed by atoms with E-state index in [0.29, 0.717) is 23.6 Å². The van der Waals surface area contributed by atoms with E-state index in [9.17, 15) is 4.39 Å². The van der Waals surface area contributed by atoms with Crippen LogP contribution in [-0.2, 0) is 11.2 Å². The van der Waals surface area contributed by atoms with Gasteiger partial charge in [0.05, 0.1) is 12.7 Å². The highest BCUT2D eigenvalue weighted by atomic mass is 35.5. The second-order valence-corrected chi connectivity index (χ2v) is 5.34. The number of ether oxygens (including phenoxy) is 1. The highest BCUT2D eigenvalue weighted by Gasteiger charge is 2.25. The van der Waals surface area contributed by atoms with Crippen LogP contribution in [0.2, 0.25) is 5.02 Å². The van der Waals surface area contributed by atoms with Crippen LogP contribution in [0.25, 0.3) is 0 Å². The summed E-state index contributed by atoms with van der Waals surface area (Å²) in [4.78, 5) is 2.29. The summed E-state index contributed by atoms with van der Waals surface area (Å²) in [6.45, 7) is 5.53. The van der Waals surface area contributed by atoms with E-state index in [1.165, 1.54) is 6.07 Å². The fourth-order valence-corrected chi connectivity index (χ4v) is 2.56.